The number of aromatic nitrogens is 2. The summed E-state index contributed by atoms with van der Waals surface area (Å²) in [5, 5.41) is 15.3. The second kappa shape index (κ2) is 8.02. The first-order valence-electron chi connectivity index (χ1n) is 9.24. The number of nitrogens with zero attached hydrogens (tertiary/aromatic N) is 2. The molecule has 0 saturated heterocycles. The molecule has 150 valence electrons. The molecule has 4 rings (SSSR count). The lowest BCUT2D eigenvalue weighted by Crippen LogP contribution is -2.27. The zero-order valence-corrected chi connectivity index (χ0v) is 17.6. The van der Waals surface area contributed by atoms with Crippen LogP contribution in [0.4, 0.5) is 0 Å². The lowest BCUT2D eigenvalue weighted by atomic mass is 10.1. The molecule has 1 aromatic carbocycles. The van der Waals surface area contributed by atoms with Crippen LogP contribution in [0.25, 0.3) is 10.0 Å². The standard InChI is InChI=1S/C20H20N4O3S2/c1-10-9-28-19(21-10)20-23-15(16(29-20)13-5-6-13)18(26)22-11(2)12-3-7-14(8-4-12)17(25)24-27/h3-4,7-9,11,13,27H,5-6H2,1-2H3,(H,22,26)(H,24,25)/t11-/m0/s1. The number of carbonyl (C=O) groups is 2. The molecule has 9 heteroatoms. The van der Waals surface area contributed by atoms with Crippen molar-refractivity contribution in [3.63, 3.8) is 0 Å². The Morgan fingerprint density at radius 3 is 2.45 bits per heavy atom. The zero-order chi connectivity index (χ0) is 20.5. The number of benzene rings is 1. The Balaban J connectivity index is 1.53. The molecule has 1 fully saturated rings. The molecule has 0 unspecified atom stereocenters. The summed E-state index contributed by atoms with van der Waals surface area (Å²) in [6.45, 7) is 3.83. The van der Waals surface area contributed by atoms with Gasteiger partial charge in [0, 0.05) is 21.5 Å². The number of hydroxylamine groups is 1. The molecule has 3 aromatic rings. The van der Waals surface area contributed by atoms with E-state index < -0.39 is 5.91 Å². The summed E-state index contributed by atoms with van der Waals surface area (Å²) >= 11 is 3.10. The van der Waals surface area contributed by atoms with Crippen molar-refractivity contribution >= 4 is 34.5 Å². The summed E-state index contributed by atoms with van der Waals surface area (Å²) in [4.78, 5) is 34.6. The first-order chi connectivity index (χ1) is 14.0. The molecule has 1 saturated carbocycles. The van der Waals surface area contributed by atoms with E-state index in [9.17, 15) is 9.59 Å². The van der Waals surface area contributed by atoms with Gasteiger partial charge in [-0.3, -0.25) is 14.8 Å². The maximum Gasteiger partial charge on any atom is 0.274 e. The van der Waals surface area contributed by atoms with Gasteiger partial charge >= 0.3 is 0 Å². The maximum absolute atomic E-state index is 13.0. The fourth-order valence-corrected chi connectivity index (χ4v) is 5.06. The van der Waals surface area contributed by atoms with Gasteiger partial charge in [0.05, 0.1) is 6.04 Å². The van der Waals surface area contributed by atoms with E-state index in [-0.39, 0.29) is 11.9 Å². The Kier molecular flexibility index (Phi) is 5.44. The van der Waals surface area contributed by atoms with Crippen LogP contribution in [-0.2, 0) is 0 Å². The molecule has 2 aromatic heterocycles. The average molecular weight is 429 g/mol. The van der Waals surface area contributed by atoms with Crippen molar-refractivity contribution < 1.29 is 14.8 Å². The lowest BCUT2D eigenvalue weighted by Gasteiger charge is -2.14. The molecule has 0 spiro atoms. The van der Waals surface area contributed by atoms with Crippen molar-refractivity contribution in [3.05, 3.63) is 57.0 Å². The second-order valence-corrected chi connectivity index (χ2v) is 8.95. The third-order valence-corrected chi connectivity index (χ3v) is 7.06. The van der Waals surface area contributed by atoms with Crippen LogP contribution < -0.4 is 10.8 Å². The predicted octanol–water partition coefficient (Wildman–Crippen LogP) is 4.06. The maximum atomic E-state index is 13.0. The van der Waals surface area contributed by atoms with Gasteiger partial charge in [-0.1, -0.05) is 12.1 Å². The number of nitrogens with one attached hydrogen (secondary N) is 2. The highest BCUT2D eigenvalue weighted by atomic mass is 32.1. The van der Waals surface area contributed by atoms with Crippen molar-refractivity contribution in [2.24, 2.45) is 0 Å². The van der Waals surface area contributed by atoms with E-state index in [1.54, 1.807) is 41.1 Å². The SMILES string of the molecule is Cc1csc(-c2nc(C(=O)N[C@@H](C)c3ccc(C(=O)NO)cc3)c(C3CC3)s2)n1. The van der Waals surface area contributed by atoms with Crippen LogP contribution in [0.3, 0.4) is 0 Å². The Morgan fingerprint density at radius 2 is 1.86 bits per heavy atom. The number of carbonyl (C=O) groups excluding carboxylic acids is 2. The van der Waals surface area contributed by atoms with Crippen LogP contribution in [0.2, 0.25) is 0 Å². The summed E-state index contributed by atoms with van der Waals surface area (Å²) in [6.07, 6.45) is 2.17. The van der Waals surface area contributed by atoms with Gasteiger partial charge in [-0.2, -0.15) is 0 Å². The molecule has 1 atom stereocenters. The number of amides is 2. The smallest absolute Gasteiger partial charge is 0.274 e. The molecular formula is C20H20N4O3S2. The average Bonchev–Trinajstić information content (AvgIpc) is 3.32. The highest BCUT2D eigenvalue weighted by Gasteiger charge is 2.33. The third-order valence-electron chi connectivity index (χ3n) is 4.74. The lowest BCUT2D eigenvalue weighted by molar-refractivity contribution is 0.0706. The van der Waals surface area contributed by atoms with Crippen LogP contribution in [0, 0.1) is 6.92 Å². The van der Waals surface area contributed by atoms with Gasteiger partial charge in [0.2, 0.25) is 0 Å². The van der Waals surface area contributed by atoms with E-state index in [2.05, 4.69) is 15.3 Å². The van der Waals surface area contributed by atoms with Crippen molar-refractivity contribution in [3.8, 4) is 10.0 Å². The summed E-state index contributed by atoms with van der Waals surface area (Å²) in [5.74, 6) is -0.364. The highest BCUT2D eigenvalue weighted by molar-refractivity contribution is 7.21. The molecule has 0 bridgehead atoms. The minimum absolute atomic E-state index is 0.202. The number of rotatable bonds is 6. The van der Waals surface area contributed by atoms with Crippen molar-refractivity contribution in [2.75, 3.05) is 0 Å². The van der Waals surface area contributed by atoms with E-state index in [0.717, 1.165) is 39.0 Å². The van der Waals surface area contributed by atoms with Crippen LogP contribution in [0.15, 0.2) is 29.6 Å². The Morgan fingerprint density at radius 1 is 1.14 bits per heavy atom. The van der Waals surface area contributed by atoms with E-state index in [4.69, 9.17) is 5.21 Å². The molecule has 7 nitrogen and oxygen atoms in total. The first kappa shape index (κ1) is 19.7. The normalized spacial score (nSPS) is 14.4. The van der Waals surface area contributed by atoms with Crippen molar-refractivity contribution in [1.29, 1.82) is 0 Å². The molecular weight excluding hydrogens is 408 g/mol. The van der Waals surface area contributed by atoms with Gasteiger partial charge in [0.1, 0.15) is 5.69 Å². The van der Waals surface area contributed by atoms with Crippen molar-refractivity contribution in [1.82, 2.24) is 20.8 Å². The fourth-order valence-electron chi connectivity index (χ4n) is 3.00. The first-order valence-corrected chi connectivity index (χ1v) is 10.9. The molecule has 3 N–H and O–H groups in total. The second-order valence-electron chi connectivity index (χ2n) is 7.06. The molecule has 1 aliphatic rings. The van der Waals surface area contributed by atoms with Crippen molar-refractivity contribution in [2.45, 2.75) is 38.6 Å². The number of thiazole rings is 2. The number of hydrogen-bond acceptors (Lipinski definition) is 7. The van der Waals surface area contributed by atoms with Gasteiger partial charge in [-0.05, 0) is 50.3 Å². The summed E-state index contributed by atoms with van der Waals surface area (Å²) in [7, 11) is 0. The van der Waals surface area contributed by atoms with Crippen LogP contribution >= 0.6 is 22.7 Å². The minimum Gasteiger partial charge on any atom is -0.344 e. The molecule has 2 amide bonds. The molecule has 0 aliphatic heterocycles. The Bertz CT molecular complexity index is 1050. The molecule has 2 heterocycles. The topological polar surface area (TPSA) is 104 Å². The van der Waals surface area contributed by atoms with Gasteiger partial charge in [-0.25, -0.2) is 15.4 Å². The van der Waals surface area contributed by atoms with E-state index in [1.165, 1.54) is 11.3 Å². The zero-order valence-electron chi connectivity index (χ0n) is 15.9. The van der Waals surface area contributed by atoms with E-state index in [1.807, 2.05) is 19.2 Å². The quantitative estimate of drug-likeness (QED) is 0.406. The minimum atomic E-state index is -0.574. The summed E-state index contributed by atoms with van der Waals surface area (Å²) < 4.78 is 0. The van der Waals surface area contributed by atoms with Crippen LogP contribution in [0.5, 0.6) is 0 Å². The summed E-state index contributed by atoms with van der Waals surface area (Å²) in [6, 6.07) is 6.45. The fraction of sp³-hybridized carbons (Fsp3) is 0.300. The van der Waals surface area contributed by atoms with E-state index >= 15 is 0 Å². The Labute approximate surface area is 175 Å². The largest absolute Gasteiger partial charge is 0.344 e. The number of hydrogen-bond donors (Lipinski definition) is 3. The van der Waals surface area contributed by atoms with Gasteiger partial charge in [-0.15, -0.1) is 22.7 Å². The predicted molar refractivity (Wildman–Crippen MR) is 112 cm³/mol. The molecule has 29 heavy (non-hydrogen) atoms. The summed E-state index contributed by atoms with van der Waals surface area (Å²) in [5.41, 5.74) is 4.24. The Hall–Kier alpha value is -2.62. The van der Waals surface area contributed by atoms with Crippen LogP contribution in [-0.4, -0.2) is 27.0 Å². The molecule has 0 radical (unpaired) electrons. The van der Waals surface area contributed by atoms with Gasteiger partial charge in [0.25, 0.3) is 11.8 Å². The monoisotopic (exact) mass is 428 g/mol. The third kappa shape index (κ3) is 4.21. The van der Waals surface area contributed by atoms with Gasteiger partial charge in [0.15, 0.2) is 10.0 Å². The van der Waals surface area contributed by atoms with Gasteiger partial charge < -0.3 is 5.32 Å². The highest BCUT2D eigenvalue weighted by Crippen LogP contribution is 2.46. The molecule has 1 aliphatic carbocycles. The van der Waals surface area contributed by atoms with E-state index in [0.29, 0.717) is 17.2 Å². The van der Waals surface area contributed by atoms with Crippen LogP contribution in [0.1, 0.15) is 68.7 Å². The number of aryl methyl sites for hydroxylation is 1.